The maximum atomic E-state index is 2.41. The van der Waals surface area contributed by atoms with E-state index in [-0.39, 0.29) is 0 Å². The van der Waals surface area contributed by atoms with Gasteiger partial charge in [0.25, 0.3) is 0 Å². The van der Waals surface area contributed by atoms with Gasteiger partial charge in [-0.25, -0.2) is 0 Å². The molecule has 0 saturated carbocycles. The van der Waals surface area contributed by atoms with Gasteiger partial charge in [0.05, 0.1) is 0 Å². The average molecular weight is 673 g/mol. The lowest BCUT2D eigenvalue weighted by atomic mass is 9.72. The van der Waals surface area contributed by atoms with Crippen LogP contribution in [0.25, 0.3) is 76.5 Å². The molecule has 0 atom stereocenters. The number of fused-ring (bicyclic) bond motifs is 4. The summed E-state index contributed by atoms with van der Waals surface area (Å²) in [5.41, 5.74) is 24.6. The molecule has 8 aromatic rings. The Hall–Kier alpha value is -5.14. The summed E-state index contributed by atoms with van der Waals surface area (Å²) in [4.78, 5) is 0. The molecule has 0 aliphatic rings. The van der Waals surface area contributed by atoms with Crippen LogP contribution < -0.4 is 5.46 Å². The summed E-state index contributed by atoms with van der Waals surface area (Å²) in [5, 5.41) is 10.7. The topological polar surface area (TPSA) is 0 Å². The van der Waals surface area contributed by atoms with Crippen LogP contribution in [-0.4, -0.2) is 7.85 Å². The van der Waals surface area contributed by atoms with E-state index in [1.54, 1.807) is 0 Å². The largest absolute Gasteiger partial charge is 0.140 e. The number of hydrogen-bond donors (Lipinski definition) is 0. The molecule has 0 saturated heterocycles. The second-order valence-corrected chi connectivity index (χ2v) is 15.7. The molecule has 0 amide bonds. The molecule has 0 spiro atoms. The third-order valence-corrected chi connectivity index (χ3v) is 13.2. The predicted molar refractivity (Wildman–Crippen MR) is 233 cm³/mol. The van der Waals surface area contributed by atoms with Crippen molar-refractivity contribution in [2.45, 2.75) is 76.2 Å². The molecule has 8 aromatic carbocycles. The minimum Gasteiger partial charge on any atom is -0.0823 e. The third kappa shape index (κ3) is 4.75. The first-order valence-corrected chi connectivity index (χ1v) is 18.9. The van der Waals surface area contributed by atoms with Crippen LogP contribution in [0, 0.1) is 76.2 Å². The molecule has 0 aliphatic carbocycles. The summed E-state index contributed by atoms with van der Waals surface area (Å²) in [5.74, 6) is 0. The highest BCUT2D eigenvalue weighted by Crippen LogP contribution is 2.52. The number of benzene rings is 8. The molecule has 0 aliphatic heterocycles. The first-order valence-electron chi connectivity index (χ1n) is 18.9. The molecule has 0 fully saturated rings. The van der Waals surface area contributed by atoms with E-state index in [4.69, 9.17) is 0 Å². The minimum absolute atomic E-state index is 1.25. The van der Waals surface area contributed by atoms with Crippen LogP contribution in [0.5, 0.6) is 0 Å². The maximum Gasteiger partial charge on any atom is 0.140 e. The summed E-state index contributed by atoms with van der Waals surface area (Å²) in [6, 6.07) is 31.9. The second kappa shape index (κ2) is 12.2. The van der Waals surface area contributed by atoms with E-state index in [1.807, 2.05) is 0 Å². The molecule has 256 valence electrons. The van der Waals surface area contributed by atoms with Crippen molar-refractivity contribution in [3.63, 3.8) is 0 Å². The number of rotatable bonds is 3. The van der Waals surface area contributed by atoms with Gasteiger partial charge >= 0.3 is 0 Å². The van der Waals surface area contributed by atoms with E-state index in [0.717, 1.165) is 0 Å². The van der Waals surface area contributed by atoms with Crippen molar-refractivity contribution in [1.82, 2.24) is 0 Å². The van der Waals surface area contributed by atoms with Crippen LogP contribution in [0.3, 0.4) is 0 Å². The maximum absolute atomic E-state index is 2.41. The molecule has 52 heavy (non-hydrogen) atoms. The highest BCUT2D eigenvalue weighted by atomic mass is 14.3. The molecule has 0 heterocycles. The van der Waals surface area contributed by atoms with Crippen molar-refractivity contribution < 1.29 is 0 Å². The normalized spacial score (nSPS) is 11.8. The van der Waals surface area contributed by atoms with Crippen LogP contribution in [0.1, 0.15) is 61.2 Å². The molecule has 8 rings (SSSR count). The third-order valence-electron chi connectivity index (χ3n) is 13.2. The van der Waals surface area contributed by atoms with Crippen molar-refractivity contribution in [2.75, 3.05) is 0 Å². The summed E-state index contributed by atoms with van der Waals surface area (Å²) >= 11 is 0. The summed E-state index contributed by atoms with van der Waals surface area (Å²) in [6.07, 6.45) is 0. The van der Waals surface area contributed by atoms with Gasteiger partial charge in [-0.2, -0.15) is 0 Å². The Morgan fingerprint density at radius 3 is 1.54 bits per heavy atom. The van der Waals surface area contributed by atoms with Gasteiger partial charge in [0.2, 0.25) is 0 Å². The van der Waals surface area contributed by atoms with Gasteiger partial charge in [-0.05, 0) is 214 Å². The van der Waals surface area contributed by atoms with Crippen molar-refractivity contribution in [3.05, 3.63) is 146 Å². The Morgan fingerprint density at radius 2 is 0.885 bits per heavy atom. The fourth-order valence-electron chi connectivity index (χ4n) is 9.45. The lowest BCUT2D eigenvalue weighted by Gasteiger charge is -2.29. The average Bonchev–Trinajstić information content (AvgIpc) is 3.15. The van der Waals surface area contributed by atoms with E-state index < -0.39 is 0 Å². The standard InChI is InChI=1S/C51H49B/c1-26-24-27(2)44(31(6)28(26)3)50-47-33(8)30(5)29(4)32(7)45(47)49(46-34(9)35(10)51(52)36(11)48(46)50)43-21-15-19-41-40(18-14-20-42(41)43)39-23-22-37-16-12-13-17-38(37)25-39/h12-25H,52H2,1-11H3. The van der Waals surface area contributed by atoms with Crippen molar-refractivity contribution in [2.24, 2.45) is 0 Å². The zero-order chi connectivity index (χ0) is 36.9. The monoisotopic (exact) mass is 672 g/mol. The molecule has 0 bridgehead atoms. The molecule has 0 N–H and O–H groups in total. The van der Waals surface area contributed by atoms with E-state index in [1.165, 1.54) is 143 Å². The van der Waals surface area contributed by atoms with Crippen molar-refractivity contribution in [1.29, 1.82) is 0 Å². The molecule has 0 nitrogen and oxygen atoms in total. The van der Waals surface area contributed by atoms with E-state index in [0.29, 0.717) is 0 Å². The number of hydrogen-bond acceptors (Lipinski definition) is 0. The molecule has 0 aromatic heterocycles. The van der Waals surface area contributed by atoms with E-state index in [9.17, 15) is 0 Å². The highest BCUT2D eigenvalue weighted by Gasteiger charge is 2.28. The summed E-state index contributed by atoms with van der Waals surface area (Å²) in [6.45, 7) is 25.7. The Balaban J connectivity index is 1.63. The highest BCUT2D eigenvalue weighted by molar-refractivity contribution is 6.38. The summed E-state index contributed by atoms with van der Waals surface area (Å²) < 4.78 is 0. The quantitative estimate of drug-likeness (QED) is 0.129. The molecule has 1 heteroatoms. The van der Waals surface area contributed by atoms with E-state index >= 15 is 0 Å². The van der Waals surface area contributed by atoms with Crippen LogP contribution in [0.4, 0.5) is 0 Å². The smallest absolute Gasteiger partial charge is 0.0823 e. The Labute approximate surface area is 310 Å². The van der Waals surface area contributed by atoms with Crippen LogP contribution in [0.15, 0.2) is 84.9 Å². The van der Waals surface area contributed by atoms with Gasteiger partial charge in [0.15, 0.2) is 0 Å². The molecule has 0 radical (unpaired) electrons. The van der Waals surface area contributed by atoms with Crippen molar-refractivity contribution >= 4 is 56.4 Å². The fraction of sp³-hybridized carbons (Fsp3) is 0.216. The van der Waals surface area contributed by atoms with Crippen LogP contribution >= 0.6 is 0 Å². The zero-order valence-electron chi connectivity index (χ0n) is 33.1. The molecular formula is C51H49B. The van der Waals surface area contributed by atoms with E-state index in [2.05, 4.69) is 169 Å². The predicted octanol–water partition coefficient (Wildman–Crippen LogP) is 13.0. The van der Waals surface area contributed by atoms with Crippen LogP contribution in [0.2, 0.25) is 0 Å². The zero-order valence-corrected chi connectivity index (χ0v) is 33.1. The Morgan fingerprint density at radius 1 is 0.346 bits per heavy atom. The first-order chi connectivity index (χ1) is 24.8. The van der Waals surface area contributed by atoms with Gasteiger partial charge in [0.1, 0.15) is 7.85 Å². The van der Waals surface area contributed by atoms with Gasteiger partial charge in [-0.1, -0.05) is 89.9 Å². The lowest BCUT2D eigenvalue weighted by Crippen LogP contribution is -2.16. The van der Waals surface area contributed by atoms with Gasteiger partial charge in [-0.3, -0.25) is 0 Å². The SMILES string of the molecule is Bc1c(C)c(C)c2c(-c3cccc4c(-c5ccc6ccccc6c5)cccc34)c3c(C)c(C)c(C)c(C)c3c(-c3c(C)cc(C)c(C)c3C)c2c1C. The molecular weight excluding hydrogens is 623 g/mol. The van der Waals surface area contributed by atoms with Gasteiger partial charge < -0.3 is 0 Å². The first kappa shape index (κ1) is 34.0. The number of aryl methyl sites for hydroxylation is 6. The minimum atomic E-state index is 1.25. The lowest BCUT2D eigenvalue weighted by molar-refractivity contribution is 1.23. The van der Waals surface area contributed by atoms with Crippen LogP contribution in [-0.2, 0) is 0 Å². The summed E-state index contributed by atoms with van der Waals surface area (Å²) in [7, 11) is 2.33. The Bertz CT molecular complexity index is 2760. The molecule has 0 unspecified atom stereocenters. The fourth-order valence-corrected chi connectivity index (χ4v) is 9.45. The van der Waals surface area contributed by atoms with Gasteiger partial charge in [-0.15, -0.1) is 0 Å². The van der Waals surface area contributed by atoms with Gasteiger partial charge in [0, 0.05) is 0 Å². The Kier molecular flexibility index (Phi) is 7.99. The second-order valence-electron chi connectivity index (χ2n) is 15.7. The van der Waals surface area contributed by atoms with Crippen molar-refractivity contribution in [3.8, 4) is 33.4 Å².